The summed E-state index contributed by atoms with van der Waals surface area (Å²) in [6, 6.07) is 11.4. The van der Waals surface area contributed by atoms with Gasteiger partial charge in [0.05, 0.1) is 16.6 Å². The molecule has 90 valence electrons. The van der Waals surface area contributed by atoms with Gasteiger partial charge in [-0.3, -0.25) is 4.98 Å². The molecule has 1 heterocycles. The number of benzene rings is 1. The van der Waals surface area contributed by atoms with Crippen LogP contribution < -0.4 is 5.32 Å². The number of rotatable bonds is 3. The first-order valence-corrected chi connectivity index (χ1v) is 5.94. The van der Waals surface area contributed by atoms with Crippen molar-refractivity contribution in [3.05, 3.63) is 58.9 Å². The van der Waals surface area contributed by atoms with Crippen molar-refractivity contribution in [2.75, 3.05) is 5.32 Å². The van der Waals surface area contributed by atoms with Crippen molar-refractivity contribution in [3.63, 3.8) is 0 Å². The van der Waals surface area contributed by atoms with E-state index in [1.165, 1.54) is 0 Å². The Hall–Kier alpha value is -2.05. The molecule has 0 aliphatic carbocycles. The molecule has 3 nitrogen and oxygen atoms in total. The van der Waals surface area contributed by atoms with Gasteiger partial charge in [-0.25, -0.2) is 0 Å². The number of aromatic nitrogens is 1. The largest absolute Gasteiger partial charge is 0.378 e. The lowest BCUT2D eigenvalue weighted by Crippen LogP contribution is -2.06. The summed E-state index contributed by atoms with van der Waals surface area (Å²) in [5, 5.41) is 12.6. The van der Waals surface area contributed by atoms with E-state index in [4.69, 9.17) is 16.9 Å². The Kier molecular flexibility index (Phi) is 3.81. The van der Waals surface area contributed by atoms with E-state index in [9.17, 15) is 0 Å². The second kappa shape index (κ2) is 5.52. The summed E-state index contributed by atoms with van der Waals surface area (Å²) in [7, 11) is 0. The minimum atomic E-state index is 0.128. The maximum absolute atomic E-state index is 8.81. The summed E-state index contributed by atoms with van der Waals surface area (Å²) >= 11 is 5.98. The van der Waals surface area contributed by atoms with Crippen molar-refractivity contribution in [3.8, 4) is 6.07 Å². The molecule has 0 fully saturated rings. The number of nitriles is 1. The maximum atomic E-state index is 8.81. The lowest BCUT2D eigenvalue weighted by atomic mass is 10.1. The molecule has 0 saturated carbocycles. The third-order valence-electron chi connectivity index (χ3n) is 2.66. The normalized spacial score (nSPS) is 11.6. The quantitative estimate of drug-likeness (QED) is 0.910. The molecule has 1 aromatic carbocycles. The molecular weight excluding hydrogens is 246 g/mol. The van der Waals surface area contributed by atoms with Gasteiger partial charge in [0.1, 0.15) is 6.07 Å². The first-order valence-electron chi connectivity index (χ1n) is 5.57. The monoisotopic (exact) mass is 257 g/mol. The first-order chi connectivity index (χ1) is 8.70. The predicted molar refractivity (Wildman–Crippen MR) is 72.4 cm³/mol. The van der Waals surface area contributed by atoms with Crippen LogP contribution in [0.2, 0.25) is 5.02 Å². The van der Waals surface area contributed by atoms with Gasteiger partial charge in [0.2, 0.25) is 0 Å². The van der Waals surface area contributed by atoms with E-state index in [1.807, 2.05) is 37.4 Å². The molecule has 0 aliphatic rings. The van der Waals surface area contributed by atoms with Crippen molar-refractivity contribution < 1.29 is 0 Å². The van der Waals surface area contributed by atoms with E-state index in [1.54, 1.807) is 18.3 Å². The fourth-order valence-corrected chi connectivity index (χ4v) is 1.88. The molecule has 1 atom stereocenters. The van der Waals surface area contributed by atoms with Gasteiger partial charge in [-0.2, -0.15) is 5.26 Å². The molecule has 4 heteroatoms. The van der Waals surface area contributed by atoms with Crippen molar-refractivity contribution in [1.29, 1.82) is 5.26 Å². The summed E-state index contributed by atoms with van der Waals surface area (Å²) < 4.78 is 0. The highest BCUT2D eigenvalue weighted by molar-refractivity contribution is 6.32. The molecule has 1 N–H and O–H groups in total. The highest BCUT2D eigenvalue weighted by atomic mass is 35.5. The van der Waals surface area contributed by atoms with Crippen LogP contribution in [0.5, 0.6) is 0 Å². The fraction of sp³-hybridized carbons (Fsp3) is 0.143. The van der Waals surface area contributed by atoms with E-state index >= 15 is 0 Å². The summed E-state index contributed by atoms with van der Waals surface area (Å²) in [5.41, 5.74) is 2.46. The lowest BCUT2D eigenvalue weighted by molar-refractivity contribution is 0.876. The van der Waals surface area contributed by atoms with Crippen molar-refractivity contribution in [2.45, 2.75) is 13.0 Å². The number of nitrogens with one attached hydrogen (secondary N) is 1. The second-order valence-electron chi connectivity index (χ2n) is 3.96. The van der Waals surface area contributed by atoms with E-state index in [0.717, 1.165) is 11.3 Å². The summed E-state index contributed by atoms with van der Waals surface area (Å²) in [6.45, 7) is 2.04. The number of nitrogens with zero attached hydrogens (tertiary/aromatic N) is 2. The van der Waals surface area contributed by atoms with Gasteiger partial charge < -0.3 is 5.32 Å². The molecule has 0 saturated heterocycles. The molecule has 18 heavy (non-hydrogen) atoms. The van der Waals surface area contributed by atoms with Crippen molar-refractivity contribution in [2.24, 2.45) is 0 Å². The van der Waals surface area contributed by atoms with Crippen LogP contribution >= 0.6 is 11.6 Å². The third-order valence-corrected chi connectivity index (χ3v) is 2.97. The number of hydrogen-bond acceptors (Lipinski definition) is 3. The standard InChI is InChI=1S/C14H12ClN3/c1-10(12-3-2-6-17-9-12)18-13-5-4-11(8-16)14(15)7-13/h2-7,9-10,18H,1H3. The Balaban J connectivity index is 2.15. The third kappa shape index (κ3) is 2.79. The van der Waals surface area contributed by atoms with E-state index in [2.05, 4.69) is 10.3 Å². The highest BCUT2D eigenvalue weighted by Gasteiger charge is 2.06. The number of pyridine rings is 1. The molecule has 1 unspecified atom stereocenters. The predicted octanol–water partition coefficient (Wildman–Crippen LogP) is 3.78. The molecule has 0 radical (unpaired) electrons. The molecule has 0 bridgehead atoms. The Morgan fingerprint density at radius 3 is 2.83 bits per heavy atom. The molecule has 0 spiro atoms. The zero-order valence-electron chi connectivity index (χ0n) is 9.89. The maximum Gasteiger partial charge on any atom is 0.101 e. The highest BCUT2D eigenvalue weighted by Crippen LogP contribution is 2.23. The van der Waals surface area contributed by atoms with Gasteiger partial charge in [-0.05, 0) is 36.8 Å². The minimum absolute atomic E-state index is 0.128. The van der Waals surface area contributed by atoms with Crippen LogP contribution in [0.4, 0.5) is 5.69 Å². The average Bonchev–Trinajstić information content (AvgIpc) is 2.40. The van der Waals surface area contributed by atoms with Gasteiger partial charge in [-0.1, -0.05) is 17.7 Å². The first kappa shape index (κ1) is 12.4. The number of anilines is 1. The Labute approximate surface area is 111 Å². The Bertz CT molecular complexity index is 575. The average molecular weight is 258 g/mol. The molecule has 0 aliphatic heterocycles. The Morgan fingerprint density at radius 1 is 1.39 bits per heavy atom. The second-order valence-corrected chi connectivity index (χ2v) is 4.37. The van der Waals surface area contributed by atoms with Crippen LogP contribution in [0.25, 0.3) is 0 Å². The summed E-state index contributed by atoms with van der Waals surface area (Å²) in [4.78, 5) is 4.08. The smallest absolute Gasteiger partial charge is 0.101 e. The lowest BCUT2D eigenvalue weighted by Gasteiger charge is -2.15. The molecule has 2 aromatic rings. The molecule has 1 aromatic heterocycles. The van der Waals surface area contributed by atoms with E-state index < -0.39 is 0 Å². The Morgan fingerprint density at radius 2 is 2.22 bits per heavy atom. The molecule has 0 amide bonds. The van der Waals surface area contributed by atoms with E-state index in [0.29, 0.717) is 10.6 Å². The van der Waals surface area contributed by atoms with Gasteiger partial charge in [-0.15, -0.1) is 0 Å². The van der Waals surface area contributed by atoms with E-state index in [-0.39, 0.29) is 6.04 Å². The zero-order chi connectivity index (χ0) is 13.0. The topological polar surface area (TPSA) is 48.7 Å². The van der Waals surface area contributed by atoms with Crippen molar-refractivity contribution >= 4 is 17.3 Å². The minimum Gasteiger partial charge on any atom is -0.378 e. The van der Waals surface area contributed by atoms with Crippen LogP contribution in [0, 0.1) is 11.3 Å². The summed E-state index contributed by atoms with van der Waals surface area (Å²) in [5.74, 6) is 0. The van der Waals surface area contributed by atoms with Crippen LogP contribution in [0.3, 0.4) is 0 Å². The summed E-state index contributed by atoms with van der Waals surface area (Å²) in [6.07, 6.45) is 3.57. The van der Waals surface area contributed by atoms with Gasteiger partial charge in [0, 0.05) is 18.1 Å². The molecular formula is C14H12ClN3. The fourth-order valence-electron chi connectivity index (χ4n) is 1.66. The van der Waals surface area contributed by atoms with Crippen LogP contribution in [-0.4, -0.2) is 4.98 Å². The molecule has 2 rings (SSSR count). The van der Waals surface area contributed by atoms with Gasteiger partial charge >= 0.3 is 0 Å². The van der Waals surface area contributed by atoms with Crippen LogP contribution in [0.15, 0.2) is 42.7 Å². The number of hydrogen-bond donors (Lipinski definition) is 1. The van der Waals surface area contributed by atoms with Crippen LogP contribution in [0.1, 0.15) is 24.1 Å². The van der Waals surface area contributed by atoms with Crippen molar-refractivity contribution in [1.82, 2.24) is 4.98 Å². The SMILES string of the molecule is CC(Nc1ccc(C#N)c(Cl)c1)c1cccnc1. The number of halogens is 1. The van der Waals surface area contributed by atoms with Gasteiger partial charge in [0.25, 0.3) is 0 Å². The van der Waals surface area contributed by atoms with Crippen LogP contribution in [-0.2, 0) is 0 Å². The zero-order valence-corrected chi connectivity index (χ0v) is 10.6. The van der Waals surface area contributed by atoms with Gasteiger partial charge in [0.15, 0.2) is 0 Å².